The Morgan fingerprint density at radius 3 is 2.79 bits per heavy atom. The number of nitriles is 1. The van der Waals surface area contributed by atoms with Crippen LogP contribution in [0, 0.1) is 17.2 Å². The lowest BCUT2D eigenvalue weighted by Crippen LogP contribution is -2.47. The van der Waals surface area contributed by atoms with E-state index in [-0.39, 0.29) is 11.9 Å². The van der Waals surface area contributed by atoms with E-state index in [0.29, 0.717) is 24.6 Å². The number of hydrogen-bond acceptors (Lipinski definition) is 4. The molecule has 1 amide bonds. The van der Waals surface area contributed by atoms with Crippen LogP contribution in [0.15, 0.2) is 52.0 Å². The SMILES string of the molecule is CC1CCN(C(=O)C(CCn2cccc2C#N)NSc2ccccc2Br)CC1. The number of halogens is 1. The number of piperidine rings is 1. The molecular formula is C21H25BrN4OS. The second kappa shape index (κ2) is 10.1. The highest BCUT2D eigenvalue weighted by molar-refractivity contribution is 9.10. The first kappa shape index (κ1) is 21.0. The van der Waals surface area contributed by atoms with Gasteiger partial charge in [-0.2, -0.15) is 5.26 Å². The first-order valence-corrected chi connectivity index (χ1v) is 11.2. The standard InChI is InChI=1S/C21H25BrN4OS/c1-16-8-12-26(13-9-16)21(27)19(10-14-25-11-4-5-17(25)15-23)24-28-20-7-3-2-6-18(20)22/h2-7,11,16,19,24H,8-10,12-14H2,1H3. The van der Waals surface area contributed by atoms with Crippen LogP contribution in [-0.4, -0.2) is 34.5 Å². The van der Waals surface area contributed by atoms with Crippen molar-refractivity contribution in [2.45, 2.75) is 43.7 Å². The second-order valence-electron chi connectivity index (χ2n) is 7.20. The van der Waals surface area contributed by atoms with E-state index in [9.17, 15) is 10.1 Å². The molecule has 148 valence electrons. The molecule has 7 heteroatoms. The highest BCUT2D eigenvalue weighted by Crippen LogP contribution is 2.26. The van der Waals surface area contributed by atoms with Crippen LogP contribution in [0.25, 0.3) is 0 Å². The molecule has 28 heavy (non-hydrogen) atoms. The van der Waals surface area contributed by atoms with Crippen molar-refractivity contribution in [1.29, 1.82) is 5.26 Å². The number of hydrogen-bond donors (Lipinski definition) is 1. The average molecular weight is 461 g/mol. The van der Waals surface area contributed by atoms with Crippen molar-refractivity contribution in [3.8, 4) is 6.07 Å². The van der Waals surface area contributed by atoms with Crippen LogP contribution in [0.5, 0.6) is 0 Å². The van der Waals surface area contributed by atoms with Crippen molar-refractivity contribution < 1.29 is 4.79 Å². The Morgan fingerprint density at radius 2 is 2.07 bits per heavy atom. The number of nitrogens with one attached hydrogen (secondary N) is 1. The number of carbonyl (C=O) groups is 1. The minimum Gasteiger partial charge on any atom is -0.341 e. The first-order valence-electron chi connectivity index (χ1n) is 9.59. The van der Waals surface area contributed by atoms with Crippen molar-refractivity contribution >= 4 is 33.8 Å². The van der Waals surface area contributed by atoms with Crippen LogP contribution in [-0.2, 0) is 11.3 Å². The van der Waals surface area contributed by atoms with E-state index in [0.717, 1.165) is 35.3 Å². The predicted octanol–water partition coefficient (Wildman–Crippen LogP) is 4.44. The largest absolute Gasteiger partial charge is 0.341 e. The van der Waals surface area contributed by atoms with E-state index in [2.05, 4.69) is 33.6 Å². The van der Waals surface area contributed by atoms with Gasteiger partial charge in [0.1, 0.15) is 11.8 Å². The van der Waals surface area contributed by atoms with Gasteiger partial charge in [0.05, 0.1) is 6.04 Å². The van der Waals surface area contributed by atoms with E-state index in [4.69, 9.17) is 0 Å². The normalized spacial score (nSPS) is 16.0. The zero-order valence-corrected chi connectivity index (χ0v) is 18.4. The lowest BCUT2D eigenvalue weighted by atomic mass is 9.98. The Bertz CT molecular complexity index is 833. The number of carbonyl (C=O) groups excluding carboxylic acids is 1. The molecule has 0 bridgehead atoms. The summed E-state index contributed by atoms with van der Waals surface area (Å²) in [7, 11) is 0. The Balaban J connectivity index is 1.68. The fraction of sp³-hybridized carbons (Fsp3) is 0.429. The third-order valence-corrected chi connectivity index (χ3v) is 7.08. The van der Waals surface area contributed by atoms with Crippen LogP contribution in [0.4, 0.5) is 0 Å². The van der Waals surface area contributed by atoms with Gasteiger partial charge in [-0.1, -0.05) is 19.1 Å². The van der Waals surface area contributed by atoms with Crippen LogP contribution < -0.4 is 4.72 Å². The fourth-order valence-corrected chi connectivity index (χ4v) is 4.65. The van der Waals surface area contributed by atoms with Crippen molar-refractivity contribution in [2.75, 3.05) is 13.1 Å². The molecule has 0 radical (unpaired) electrons. The summed E-state index contributed by atoms with van der Waals surface area (Å²) < 4.78 is 6.29. The maximum atomic E-state index is 13.2. The molecule has 1 fully saturated rings. The predicted molar refractivity (Wildman–Crippen MR) is 116 cm³/mol. The van der Waals surface area contributed by atoms with E-state index in [1.165, 1.54) is 11.9 Å². The minimum atomic E-state index is -0.306. The number of rotatable bonds is 7. The van der Waals surface area contributed by atoms with Crippen LogP contribution >= 0.6 is 27.9 Å². The number of amides is 1. The number of likely N-dealkylation sites (tertiary alicyclic amines) is 1. The third kappa shape index (κ3) is 5.40. The Hall–Kier alpha value is -1.75. The Labute approximate surface area is 179 Å². The van der Waals surface area contributed by atoms with Gasteiger partial charge in [0.2, 0.25) is 5.91 Å². The van der Waals surface area contributed by atoms with Gasteiger partial charge in [-0.15, -0.1) is 0 Å². The van der Waals surface area contributed by atoms with Crippen LogP contribution in [0.1, 0.15) is 31.9 Å². The van der Waals surface area contributed by atoms with Gasteiger partial charge in [0, 0.05) is 35.2 Å². The van der Waals surface area contributed by atoms with Gasteiger partial charge in [0.15, 0.2) is 0 Å². The molecule has 1 aromatic carbocycles. The summed E-state index contributed by atoms with van der Waals surface area (Å²) >= 11 is 5.04. The number of benzene rings is 1. The molecule has 5 nitrogen and oxygen atoms in total. The van der Waals surface area contributed by atoms with Crippen molar-refractivity contribution in [3.05, 3.63) is 52.8 Å². The lowest BCUT2D eigenvalue weighted by molar-refractivity contribution is -0.134. The van der Waals surface area contributed by atoms with E-state index >= 15 is 0 Å². The smallest absolute Gasteiger partial charge is 0.240 e. The zero-order chi connectivity index (χ0) is 19.9. The maximum Gasteiger partial charge on any atom is 0.240 e. The zero-order valence-electron chi connectivity index (χ0n) is 16.0. The number of nitrogens with zero attached hydrogens (tertiary/aromatic N) is 3. The molecule has 1 saturated heterocycles. The minimum absolute atomic E-state index is 0.150. The van der Waals surface area contributed by atoms with Crippen molar-refractivity contribution in [1.82, 2.24) is 14.2 Å². The molecule has 0 saturated carbocycles. The van der Waals surface area contributed by atoms with Gasteiger partial charge in [-0.25, -0.2) is 4.72 Å². The summed E-state index contributed by atoms with van der Waals surface area (Å²) in [5.41, 5.74) is 0.622. The molecule has 3 rings (SSSR count). The molecule has 2 heterocycles. The second-order valence-corrected chi connectivity index (χ2v) is 8.93. The summed E-state index contributed by atoms with van der Waals surface area (Å²) in [4.78, 5) is 16.2. The summed E-state index contributed by atoms with van der Waals surface area (Å²) in [5, 5.41) is 9.22. The summed E-state index contributed by atoms with van der Waals surface area (Å²) in [6.07, 6.45) is 4.65. The summed E-state index contributed by atoms with van der Waals surface area (Å²) in [5.74, 6) is 0.834. The lowest BCUT2D eigenvalue weighted by Gasteiger charge is -2.33. The molecule has 0 aliphatic carbocycles. The quantitative estimate of drug-likeness (QED) is 0.620. The number of aryl methyl sites for hydroxylation is 1. The van der Waals surface area contributed by atoms with Crippen molar-refractivity contribution in [2.24, 2.45) is 5.92 Å². The Kier molecular flexibility index (Phi) is 7.60. The van der Waals surface area contributed by atoms with E-state index in [1.54, 1.807) is 6.07 Å². The van der Waals surface area contributed by atoms with Crippen LogP contribution in [0.3, 0.4) is 0 Å². The van der Waals surface area contributed by atoms with Gasteiger partial charge in [-0.3, -0.25) is 4.79 Å². The first-order chi connectivity index (χ1) is 13.6. The van der Waals surface area contributed by atoms with Gasteiger partial charge in [-0.05, 0) is 77.3 Å². The molecular weight excluding hydrogens is 436 g/mol. The van der Waals surface area contributed by atoms with Gasteiger partial charge < -0.3 is 9.47 Å². The van der Waals surface area contributed by atoms with E-state index in [1.807, 2.05) is 46.0 Å². The molecule has 0 spiro atoms. The summed E-state index contributed by atoms with van der Waals surface area (Å²) in [6, 6.07) is 13.5. The third-order valence-electron chi connectivity index (χ3n) is 5.14. The molecule has 1 aromatic heterocycles. The van der Waals surface area contributed by atoms with E-state index < -0.39 is 0 Å². The molecule has 1 N–H and O–H groups in total. The van der Waals surface area contributed by atoms with Gasteiger partial charge in [0.25, 0.3) is 0 Å². The fourth-order valence-electron chi connectivity index (χ4n) is 3.32. The molecule has 1 atom stereocenters. The highest BCUT2D eigenvalue weighted by Gasteiger charge is 2.27. The average Bonchev–Trinajstić information content (AvgIpc) is 3.17. The van der Waals surface area contributed by atoms with Gasteiger partial charge >= 0.3 is 0 Å². The Morgan fingerprint density at radius 1 is 1.32 bits per heavy atom. The maximum absolute atomic E-state index is 13.2. The van der Waals surface area contributed by atoms with Crippen LogP contribution in [0.2, 0.25) is 0 Å². The molecule has 2 aromatic rings. The number of aromatic nitrogens is 1. The topological polar surface area (TPSA) is 61.1 Å². The molecule has 1 aliphatic heterocycles. The molecule has 1 unspecified atom stereocenters. The summed E-state index contributed by atoms with van der Waals surface area (Å²) in [6.45, 7) is 4.52. The monoisotopic (exact) mass is 460 g/mol. The van der Waals surface area contributed by atoms with Crippen molar-refractivity contribution in [3.63, 3.8) is 0 Å². The molecule has 1 aliphatic rings. The highest BCUT2D eigenvalue weighted by atomic mass is 79.9.